The van der Waals surface area contributed by atoms with Gasteiger partial charge in [-0.3, -0.25) is 4.90 Å². The van der Waals surface area contributed by atoms with Gasteiger partial charge >= 0.3 is 0 Å². The minimum absolute atomic E-state index is 0.593. The molecule has 0 spiro atoms. The normalized spacial score (nSPS) is 25.8. The number of rotatable bonds is 5. The second-order valence-corrected chi connectivity index (χ2v) is 5.40. The van der Waals surface area contributed by atoms with Gasteiger partial charge in [0.1, 0.15) is 0 Å². The average molecular weight is 252 g/mol. The van der Waals surface area contributed by atoms with Crippen LogP contribution in [0.4, 0.5) is 0 Å². The van der Waals surface area contributed by atoms with E-state index in [2.05, 4.69) is 41.1 Å². The molecule has 0 aliphatic carbocycles. The molecule has 0 saturated carbocycles. The van der Waals surface area contributed by atoms with Crippen molar-refractivity contribution in [3.8, 4) is 0 Å². The molecule has 2 atom stereocenters. The van der Waals surface area contributed by atoms with E-state index in [1.807, 2.05) is 0 Å². The molecule has 0 aromatic carbocycles. The molecular formula is C13H24N4O. The van der Waals surface area contributed by atoms with Crippen molar-refractivity contribution in [1.29, 1.82) is 0 Å². The van der Waals surface area contributed by atoms with Gasteiger partial charge in [0.05, 0.1) is 0 Å². The molecule has 5 heteroatoms. The summed E-state index contributed by atoms with van der Waals surface area (Å²) in [7, 11) is 0. The molecule has 0 bridgehead atoms. The standard InChI is InChI=1S/C13H24N4O/c1-4-11-7-14-12(10(2)3)8-17(11)6-5-13-15-9-16-18-13/h9-12,14H,4-8H2,1-3H3. The molecule has 2 unspecified atom stereocenters. The van der Waals surface area contributed by atoms with E-state index in [0.29, 0.717) is 18.0 Å². The van der Waals surface area contributed by atoms with E-state index < -0.39 is 0 Å². The number of piperazine rings is 1. The summed E-state index contributed by atoms with van der Waals surface area (Å²) in [5, 5.41) is 7.30. The Morgan fingerprint density at radius 3 is 3.00 bits per heavy atom. The lowest BCUT2D eigenvalue weighted by Crippen LogP contribution is -2.58. The number of nitrogens with one attached hydrogen (secondary N) is 1. The summed E-state index contributed by atoms with van der Waals surface area (Å²) in [4.78, 5) is 6.65. The van der Waals surface area contributed by atoms with Gasteiger partial charge in [-0.15, -0.1) is 0 Å². The molecular weight excluding hydrogens is 228 g/mol. The quantitative estimate of drug-likeness (QED) is 0.856. The van der Waals surface area contributed by atoms with Crippen LogP contribution in [0.5, 0.6) is 0 Å². The molecule has 2 rings (SSSR count). The maximum absolute atomic E-state index is 5.06. The molecule has 1 aliphatic heterocycles. The molecule has 1 aliphatic rings. The van der Waals surface area contributed by atoms with Crippen LogP contribution in [0.1, 0.15) is 33.1 Å². The first kappa shape index (κ1) is 13.5. The predicted molar refractivity (Wildman–Crippen MR) is 70.3 cm³/mol. The smallest absolute Gasteiger partial charge is 0.227 e. The Bertz CT molecular complexity index is 339. The van der Waals surface area contributed by atoms with Crippen molar-refractivity contribution in [3.05, 3.63) is 12.2 Å². The first-order chi connectivity index (χ1) is 8.70. The zero-order valence-corrected chi connectivity index (χ0v) is 11.6. The summed E-state index contributed by atoms with van der Waals surface area (Å²) in [6.45, 7) is 10.0. The lowest BCUT2D eigenvalue weighted by atomic mass is 9.98. The molecule has 1 N–H and O–H groups in total. The zero-order valence-electron chi connectivity index (χ0n) is 11.6. The summed E-state index contributed by atoms with van der Waals surface area (Å²) >= 11 is 0. The predicted octanol–water partition coefficient (Wildman–Crippen LogP) is 1.32. The van der Waals surface area contributed by atoms with Crippen LogP contribution in [-0.2, 0) is 6.42 Å². The van der Waals surface area contributed by atoms with Crippen LogP contribution in [0.25, 0.3) is 0 Å². The van der Waals surface area contributed by atoms with Gasteiger partial charge in [-0.05, 0) is 12.3 Å². The van der Waals surface area contributed by atoms with Gasteiger partial charge in [0.25, 0.3) is 0 Å². The van der Waals surface area contributed by atoms with Crippen molar-refractivity contribution in [1.82, 2.24) is 20.4 Å². The van der Waals surface area contributed by atoms with Crippen molar-refractivity contribution in [2.75, 3.05) is 19.6 Å². The third-order valence-corrected chi connectivity index (χ3v) is 3.86. The largest absolute Gasteiger partial charge is 0.340 e. The molecule has 102 valence electrons. The van der Waals surface area contributed by atoms with E-state index in [0.717, 1.165) is 31.9 Å². The van der Waals surface area contributed by atoms with Gasteiger partial charge in [-0.2, -0.15) is 4.98 Å². The van der Waals surface area contributed by atoms with E-state index in [4.69, 9.17) is 4.52 Å². The van der Waals surface area contributed by atoms with Gasteiger partial charge in [0, 0.05) is 38.1 Å². The van der Waals surface area contributed by atoms with Gasteiger partial charge in [-0.25, -0.2) is 0 Å². The molecule has 1 fully saturated rings. The van der Waals surface area contributed by atoms with Crippen molar-refractivity contribution in [3.63, 3.8) is 0 Å². The Kier molecular flexibility index (Phi) is 4.72. The number of nitrogens with zero attached hydrogens (tertiary/aromatic N) is 3. The van der Waals surface area contributed by atoms with Crippen molar-refractivity contribution in [2.24, 2.45) is 5.92 Å². The minimum atomic E-state index is 0.593. The Morgan fingerprint density at radius 1 is 1.56 bits per heavy atom. The Labute approximate surface area is 109 Å². The van der Waals surface area contributed by atoms with Crippen molar-refractivity contribution in [2.45, 2.75) is 45.7 Å². The van der Waals surface area contributed by atoms with Crippen LogP contribution >= 0.6 is 0 Å². The van der Waals surface area contributed by atoms with Gasteiger partial charge in [0.15, 0.2) is 6.33 Å². The Balaban J connectivity index is 1.89. The monoisotopic (exact) mass is 252 g/mol. The van der Waals surface area contributed by atoms with Crippen molar-refractivity contribution < 1.29 is 4.52 Å². The highest BCUT2D eigenvalue weighted by Gasteiger charge is 2.28. The highest BCUT2D eigenvalue weighted by Crippen LogP contribution is 2.15. The van der Waals surface area contributed by atoms with Gasteiger partial charge < -0.3 is 9.84 Å². The van der Waals surface area contributed by atoms with Gasteiger partial charge in [-0.1, -0.05) is 25.9 Å². The van der Waals surface area contributed by atoms with Crippen LogP contribution in [0.2, 0.25) is 0 Å². The number of hydrogen-bond donors (Lipinski definition) is 1. The summed E-state index contributed by atoms with van der Waals surface area (Å²) in [6.07, 6.45) is 3.50. The fourth-order valence-electron chi connectivity index (χ4n) is 2.55. The third-order valence-electron chi connectivity index (χ3n) is 3.86. The minimum Gasteiger partial charge on any atom is -0.340 e. The average Bonchev–Trinajstić information content (AvgIpc) is 2.89. The number of hydrogen-bond acceptors (Lipinski definition) is 5. The molecule has 1 aromatic heterocycles. The molecule has 1 saturated heterocycles. The number of aromatic nitrogens is 2. The molecule has 1 aromatic rings. The maximum atomic E-state index is 5.06. The van der Waals surface area contributed by atoms with E-state index in [1.165, 1.54) is 12.7 Å². The molecule has 5 nitrogen and oxygen atoms in total. The van der Waals surface area contributed by atoms with Crippen LogP contribution in [0.3, 0.4) is 0 Å². The van der Waals surface area contributed by atoms with Crippen LogP contribution in [0.15, 0.2) is 10.9 Å². The fourth-order valence-corrected chi connectivity index (χ4v) is 2.55. The summed E-state index contributed by atoms with van der Waals surface area (Å²) in [5.74, 6) is 1.41. The third kappa shape index (κ3) is 3.29. The van der Waals surface area contributed by atoms with E-state index in [1.54, 1.807) is 0 Å². The summed E-state index contributed by atoms with van der Waals surface area (Å²) in [5.41, 5.74) is 0. The van der Waals surface area contributed by atoms with E-state index in [9.17, 15) is 0 Å². The lowest BCUT2D eigenvalue weighted by molar-refractivity contribution is 0.109. The van der Waals surface area contributed by atoms with E-state index >= 15 is 0 Å². The SMILES string of the molecule is CCC1CNC(C(C)C)CN1CCc1ncno1. The topological polar surface area (TPSA) is 54.2 Å². The van der Waals surface area contributed by atoms with Gasteiger partial charge in [0.2, 0.25) is 5.89 Å². The van der Waals surface area contributed by atoms with Crippen molar-refractivity contribution >= 4 is 0 Å². The summed E-state index contributed by atoms with van der Waals surface area (Å²) < 4.78 is 5.06. The molecule has 2 heterocycles. The lowest BCUT2D eigenvalue weighted by Gasteiger charge is -2.41. The van der Waals surface area contributed by atoms with E-state index in [-0.39, 0.29) is 0 Å². The highest BCUT2D eigenvalue weighted by molar-refractivity contribution is 4.88. The maximum Gasteiger partial charge on any atom is 0.227 e. The van der Waals surface area contributed by atoms with Crippen LogP contribution in [-0.4, -0.2) is 46.8 Å². The second kappa shape index (κ2) is 6.29. The second-order valence-electron chi connectivity index (χ2n) is 5.40. The first-order valence-corrected chi connectivity index (χ1v) is 6.93. The van der Waals surface area contributed by atoms with Crippen LogP contribution < -0.4 is 5.32 Å². The molecule has 18 heavy (non-hydrogen) atoms. The fraction of sp³-hybridized carbons (Fsp3) is 0.846. The first-order valence-electron chi connectivity index (χ1n) is 6.93. The Morgan fingerprint density at radius 2 is 2.39 bits per heavy atom. The zero-order chi connectivity index (χ0) is 13.0. The Hall–Kier alpha value is -0.940. The molecule has 0 radical (unpaired) electrons. The molecule has 0 amide bonds. The van der Waals surface area contributed by atoms with Crippen LogP contribution in [0, 0.1) is 5.92 Å². The summed E-state index contributed by atoms with van der Waals surface area (Å²) in [6, 6.07) is 1.22. The highest BCUT2D eigenvalue weighted by atomic mass is 16.5.